The maximum Gasteiger partial charge on any atom is 0.295 e. The number of amides is 1. The van der Waals surface area contributed by atoms with Crippen molar-refractivity contribution in [1.82, 2.24) is 4.90 Å². The van der Waals surface area contributed by atoms with Crippen LogP contribution in [0.15, 0.2) is 64.9 Å². The Labute approximate surface area is 215 Å². The summed E-state index contributed by atoms with van der Waals surface area (Å²) in [6.45, 7) is 2.05. The van der Waals surface area contributed by atoms with Crippen molar-refractivity contribution in [3.8, 4) is 17.2 Å². The number of phenols is 1. The van der Waals surface area contributed by atoms with E-state index in [4.69, 9.17) is 9.47 Å². The molecule has 1 saturated heterocycles. The fourth-order valence-corrected chi connectivity index (χ4v) is 5.19. The first-order valence-corrected chi connectivity index (χ1v) is 12.2. The van der Waals surface area contributed by atoms with Gasteiger partial charge in [-0.1, -0.05) is 11.8 Å². The van der Waals surface area contributed by atoms with Gasteiger partial charge >= 0.3 is 0 Å². The first-order valence-electron chi connectivity index (χ1n) is 11.4. The number of hydrogen-bond donors (Lipinski definition) is 1. The largest absolute Gasteiger partial charge is 0.872 e. The fraction of sp³-hybridized carbons (Fsp3) is 0.222. The number of phenolic OH excluding ortho intramolecular Hbond substituents is 1. The van der Waals surface area contributed by atoms with Crippen molar-refractivity contribution in [2.45, 2.75) is 32.0 Å². The third-order valence-electron chi connectivity index (χ3n) is 6.41. The predicted octanol–water partition coefficient (Wildman–Crippen LogP) is 2.73. The van der Waals surface area contributed by atoms with Crippen molar-refractivity contribution in [2.75, 3.05) is 7.11 Å². The highest BCUT2D eigenvalue weighted by Gasteiger charge is 2.44. The molecule has 3 heterocycles. The molecule has 1 fully saturated rings. The molecule has 1 aromatic heterocycles. The number of likely N-dealkylation sites (tertiary alicyclic amines) is 1. The van der Waals surface area contributed by atoms with Crippen LogP contribution in [-0.4, -0.2) is 34.9 Å². The number of ether oxygens (including phenoxy) is 2. The lowest BCUT2D eigenvalue weighted by atomic mass is 9.94. The number of aromatic hydroxyl groups is 1. The standard InChI is InChI=1S/C27H23BrN2O6/c1-14-9-17-10-16(3-4-20(17)36-14)24(31)22-23(18-11-19(28)25(32)21(12-18)35-2)30(27(34)26(22)33)13-15-5-7-29-8-6-15/h3-8,10-12,14,23,31-32H,9,13H2,1-2H3. The van der Waals surface area contributed by atoms with Gasteiger partial charge in [-0.3, -0.25) is 9.59 Å². The van der Waals surface area contributed by atoms with Crippen LogP contribution in [0.1, 0.15) is 35.2 Å². The summed E-state index contributed by atoms with van der Waals surface area (Å²) in [6.07, 6.45) is 4.09. The molecule has 0 saturated carbocycles. The molecule has 0 radical (unpaired) electrons. The van der Waals surface area contributed by atoms with Gasteiger partial charge in [-0.2, -0.15) is 0 Å². The number of nitrogens with one attached hydrogen (secondary N) is 1. The molecule has 2 N–H and O–H groups in total. The Bertz CT molecular complexity index is 1400. The Morgan fingerprint density at radius 1 is 1.22 bits per heavy atom. The Hall–Kier alpha value is -3.85. The minimum Gasteiger partial charge on any atom is -0.872 e. The number of H-pyrrole nitrogens is 1. The zero-order chi connectivity index (χ0) is 25.6. The highest BCUT2D eigenvalue weighted by Crippen LogP contribution is 2.44. The lowest BCUT2D eigenvalue weighted by molar-refractivity contribution is -0.378. The summed E-state index contributed by atoms with van der Waals surface area (Å²) in [6, 6.07) is 10.8. The summed E-state index contributed by atoms with van der Waals surface area (Å²) < 4.78 is 11.3. The molecular formula is C27H23BrN2O6. The van der Waals surface area contributed by atoms with Crippen LogP contribution in [-0.2, 0) is 22.6 Å². The molecule has 2 aliphatic heterocycles. The number of carbonyl (C=O) groups is 2. The highest BCUT2D eigenvalue weighted by atomic mass is 79.9. The number of pyridine rings is 1. The number of benzene rings is 2. The van der Waals surface area contributed by atoms with Gasteiger partial charge in [0.25, 0.3) is 5.91 Å². The van der Waals surface area contributed by atoms with E-state index in [9.17, 15) is 19.8 Å². The third-order valence-corrected chi connectivity index (χ3v) is 7.02. The molecule has 0 bridgehead atoms. The molecule has 0 spiro atoms. The Balaban J connectivity index is 1.68. The number of hydrogen-bond acceptors (Lipinski definition) is 6. The number of fused-ring (bicyclic) bond motifs is 1. The second-order valence-corrected chi connectivity index (χ2v) is 9.68. The van der Waals surface area contributed by atoms with Gasteiger partial charge in [-0.15, -0.1) is 0 Å². The van der Waals surface area contributed by atoms with E-state index in [-0.39, 0.29) is 29.7 Å². The molecule has 5 rings (SSSR count). The Kier molecular flexibility index (Phi) is 6.17. The van der Waals surface area contributed by atoms with Gasteiger partial charge in [0.05, 0.1) is 17.6 Å². The van der Waals surface area contributed by atoms with Crippen LogP contribution < -0.4 is 19.6 Å². The van der Waals surface area contributed by atoms with Crippen LogP contribution in [0.5, 0.6) is 17.2 Å². The molecule has 2 unspecified atom stereocenters. The van der Waals surface area contributed by atoms with Gasteiger partial charge in [-0.25, -0.2) is 4.98 Å². The van der Waals surface area contributed by atoms with E-state index in [0.29, 0.717) is 27.8 Å². The molecule has 2 atom stereocenters. The smallest absolute Gasteiger partial charge is 0.295 e. The predicted molar refractivity (Wildman–Crippen MR) is 131 cm³/mol. The van der Waals surface area contributed by atoms with Crippen LogP contribution in [0, 0.1) is 0 Å². The van der Waals surface area contributed by atoms with Crippen LogP contribution in [0.25, 0.3) is 5.76 Å². The molecular weight excluding hydrogens is 528 g/mol. The minimum absolute atomic E-state index is 0.000800. The van der Waals surface area contributed by atoms with Crippen LogP contribution in [0.2, 0.25) is 0 Å². The number of aromatic amines is 1. The van der Waals surface area contributed by atoms with Crippen LogP contribution in [0.4, 0.5) is 0 Å². The molecule has 8 nitrogen and oxygen atoms in total. The number of halogens is 1. The second-order valence-electron chi connectivity index (χ2n) is 8.82. The number of nitrogens with zero attached hydrogens (tertiary/aromatic N) is 1. The van der Waals surface area contributed by atoms with E-state index in [1.165, 1.54) is 18.1 Å². The molecule has 1 amide bonds. The minimum atomic E-state index is -0.976. The molecule has 9 heteroatoms. The SMILES string of the molecule is COc1cc(C2C(=C([O-])c3ccc4c(c3)CC(C)O4)C(=O)C(=O)N2Cc2cc[nH+]cc2)cc(Br)c1O. The maximum atomic E-state index is 13.8. The quantitative estimate of drug-likeness (QED) is 0.297. The van der Waals surface area contributed by atoms with Crippen molar-refractivity contribution in [3.63, 3.8) is 0 Å². The Morgan fingerprint density at radius 2 is 1.97 bits per heavy atom. The van der Waals surface area contributed by atoms with Gasteiger partial charge < -0.3 is 24.6 Å². The summed E-state index contributed by atoms with van der Waals surface area (Å²) in [5.74, 6) is -1.39. The van der Waals surface area contributed by atoms with E-state index < -0.39 is 23.5 Å². The molecule has 36 heavy (non-hydrogen) atoms. The number of Topliss-reactive ketones (excluding diaryl/α,β-unsaturated/α-hetero) is 1. The zero-order valence-corrected chi connectivity index (χ0v) is 21.2. The normalized spacial score (nSPS) is 20.4. The highest BCUT2D eigenvalue weighted by molar-refractivity contribution is 9.10. The van der Waals surface area contributed by atoms with Crippen LogP contribution in [0.3, 0.4) is 0 Å². The first kappa shape index (κ1) is 23.9. The monoisotopic (exact) mass is 550 g/mol. The van der Waals surface area contributed by atoms with Crippen LogP contribution >= 0.6 is 15.9 Å². The van der Waals surface area contributed by atoms with Gasteiger partial charge in [-0.05, 0) is 69.4 Å². The van der Waals surface area contributed by atoms with E-state index in [1.807, 2.05) is 6.92 Å². The maximum absolute atomic E-state index is 13.8. The lowest BCUT2D eigenvalue weighted by Crippen LogP contribution is -2.29. The number of ketones is 1. The van der Waals surface area contributed by atoms with E-state index >= 15 is 0 Å². The number of rotatable bonds is 5. The zero-order valence-electron chi connectivity index (χ0n) is 19.6. The van der Waals surface area contributed by atoms with Gasteiger partial charge in [0.1, 0.15) is 11.9 Å². The average Bonchev–Trinajstić information content (AvgIpc) is 3.37. The number of carbonyl (C=O) groups excluding carboxylic acids is 2. The van der Waals surface area contributed by atoms with Crippen molar-refractivity contribution in [1.29, 1.82) is 0 Å². The molecule has 184 valence electrons. The summed E-state index contributed by atoms with van der Waals surface area (Å²) >= 11 is 3.31. The van der Waals surface area contributed by atoms with Gasteiger partial charge in [0.15, 0.2) is 23.9 Å². The first-order chi connectivity index (χ1) is 17.3. The molecule has 0 aliphatic carbocycles. The fourth-order valence-electron chi connectivity index (χ4n) is 4.73. The number of methoxy groups -OCH3 is 1. The van der Waals surface area contributed by atoms with Crippen molar-refractivity contribution in [2.24, 2.45) is 0 Å². The van der Waals surface area contributed by atoms with Gasteiger partial charge in [0, 0.05) is 30.7 Å². The van der Waals surface area contributed by atoms with Crippen molar-refractivity contribution < 1.29 is 34.3 Å². The van der Waals surface area contributed by atoms with Crippen molar-refractivity contribution in [3.05, 3.63) is 87.2 Å². The topological polar surface area (TPSA) is 113 Å². The average molecular weight is 551 g/mol. The summed E-state index contributed by atoms with van der Waals surface area (Å²) in [5.41, 5.74) is 2.29. The molecule has 2 aromatic carbocycles. The lowest BCUT2D eigenvalue weighted by Gasteiger charge is -2.28. The third kappa shape index (κ3) is 4.09. The summed E-state index contributed by atoms with van der Waals surface area (Å²) in [7, 11) is 1.40. The summed E-state index contributed by atoms with van der Waals surface area (Å²) in [5, 5.41) is 24.1. The summed E-state index contributed by atoms with van der Waals surface area (Å²) in [4.78, 5) is 30.9. The van der Waals surface area contributed by atoms with E-state index in [2.05, 4.69) is 20.9 Å². The van der Waals surface area contributed by atoms with Gasteiger partial charge in [0.2, 0.25) is 5.78 Å². The molecule has 3 aromatic rings. The van der Waals surface area contributed by atoms with E-state index in [1.54, 1.807) is 48.8 Å². The van der Waals surface area contributed by atoms with Crippen molar-refractivity contribution >= 4 is 33.4 Å². The second kappa shape index (κ2) is 9.31. The Morgan fingerprint density at radius 3 is 2.69 bits per heavy atom. The van der Waals surface area contributed by atoms with E-state index in [0.717, 1.165) is 11.1 Å². The molecule has 2 aliphatic rings. The number of aromatic nitrogens is 1.